The van der Waals surface area contributed by atoms with Crippen LogP contribution in [0.1, 0.15) is 28.7 Å². The third-order valence-corrected chi connectivity index (χ3v) is 3.05. The standard InChI is InChI=1S/C14H18N4O/c1-3-11-12(15)13(17-16-11)14(19)18(2)9-10-7-5-4-6-8-10/h4-8H,3,9,15H2,1-2H3,(H,16,17). The van der Waals surface area contributed by atoms with E-state index in [1.165, 1.54) is 0 Å². The molecule has 0 aliphatic heterocycles. The maximum Gasteiger partial charge on any atom is 0.276 e. The first kappa shape index (κ1) is 13.1. The Balaban J connectivity index is 2.13. The first-order valence-corrected chi connectivity index (χ1v) is 6.25. The summed E-state index contributed by atoms with van der Waals surface area (Å²) < 4.78 is 0. The van der Waals surface area contributed by atoms with Crippen LogP contribution < -0.4 is 5.73 Å². The van der Waals surface area contributed by atoms with E-state index in [2.05, 4.69) is 10.2 Å². The fourth-order valence-electron chi connectivity index (χ4n) is 1.93. The number of H-pyrrole nitrogens is 1. The molecule has 5 nitrogen and oxygen atoms in total. The zero-order chi connectivity index (χ0) is 13.8. The van der Waals surface area contributed by atoms with E-state index in [4.69, 9.17) is 5.73 Å². The predicted octanol–water partition coefficient (Wildman–Crippen LogP) is 1.83. The number of aromatic nitrogens is 2. The number of nitrogens with one attached hydrogen (secondary N) is 1. The molecule has 1 heterocycles. The molecule has 0 aliphatic carbocycles. The number of nitrogens with two attached hydrogens (primary N) is 1. The summed E-state index contributed by atoms with van der Waals surface area (Å²) in [6.45, 7) is 2.50. The molecule has 0 saturated heterocycles. The first-order valence-electron chi connectivity index (χ1n) is 6.25. The van der Waals surface area contributed by atoms with E-state index in [0.29, 0.717) is 17.9 Å². The molecule has 1 amide bonds. The van der Waals surface area contributed by atoms with Crippen molar-refractivity contribution in [2.24, 2.45) is 0 Å². The highest BCUT2D eigenvalue weighted by Gasteiger charge is 2.19. The number of anilines is 1. The summed E-state index contributed by atoms with van der Waals surface area (Å²) in [6, 6.07) is 9.81. The van der Waals surface area contributed by atoms with E-state index in [0.717, 1.165) is 17.7 Å². The lowest BCUT2D eigenvalue weighted by molar-refractivity contribution is 0.0780. The number of rotatable bonds is 4. The molecule has 3 N–H and O–H groups in total. The molecule has 100 valence electrons. The molecule has 0 saturated carbocycles. The highest BCUT2D eigenvalue weighted by atomic mass is 16.2. The van der Waals surface area contributed by atoms with Gasteiger partial charge in [-0.3, -0.25) is 9.89 Å². The van der Waals surface area contributed by atoms with Crippen LogP contribution in [0.25, 0.3) is 0 Å². The molecule has 19 heavy (non-hydrogen) atoms. The number of benzene rings is 1. The molecule has 1 aromatic carbocycles. The van der Waals surface area contributed by atoms with Crippen molar-refractivity contribution in [1.29, 1.82) is 0 Å². The van der Waals surface area contributed by atoms with Gasteiger partial charge in [-0.2, -0.15) is 5.10 Å². The minimum Gasteiger partial charge on any atom is -0.395 e. The van der Waals surface area contributed by atoms with Gasteiger partial charge in [-0.25, -0.2) is 0 Å². The lowest BCUT2D eigenvalue weighted by Gasteiger charge is -2.16. The molecule has 1 aromatic heterocycles. The number of nitrogen functional groups attached to an aromatic ring is 1. The van der Waals surface area contributed by atoms with Crippen molar-refractivity contribution < 1.29 is 4.79 Å². The number of aromatic amines is 1. The van der Waals surface area contributed by atoms with E-state index in [1.54, 1.807) is 11.9 Å². The molecular weight excluding hydrogens is 240 g/mol. The Kier molecular flexibility index (Phi) is 3.85. The van der Waals surface area contributed by atoms with Crippen molar-refractivity contribution in [2.75, 3.05) is 12.8 Å². The first-order chi connectivity index (χ1) is 9.13. The van der Waals surface area contributed by atoms with Gasteiger partial charge in [0.05, 0.1) is 11.4 Å². The average molecular weight is 258 g/mol. The SMILES string of the molecule is CCc1[nH]nc(C(=O)N(C)Cc2ccccc2)c1N. The Morgan fingerprint density at radius 3 is 2.63 bits per heavy atom. The number of hydrogen-bond acceptors (Lipinski definition) is 3. The van der Waals surface area contributed by atoms with Crippen LogP contribution in [0, 0.1) is 0 Å². The Morgan fingerprint density at radius 1 is 1.37 bits per heavy atom. The largest absolute Gasteiger partial charge is 0.395 e. The zero-order valence-corrected chi connectivity index (χ0v) is 11.2. The molecule has 0 bridgehead atoms. The maximum absolute atomic E-state index is 12.3. The van der Waals surface area contributed by atoms with E-state index in [-0.39, 0.29) is 5.91 Å². The second-order valence-electron chi connectivity index (χ2n) is 4.46. The van der Waals surface area contributed by atoms with Crippen LogP contribution in [-0.4, -0.2) is 28.1 Å². The summed E-state index contributed by atoms with van der Waals surface area (Å²) >= 11 is 0. The quantitative estimate of drug-likeness (QED) is 0.878. The van der Waals surface area contributed by atoms with E-state index in [9.17, 15) is 4.79 Å². The third kappa shape index (κ3) is 2.76. The van der Waals surface area contributed by atoms with Gasteiger partial charge in [-0.05, 0) is 12.0 Å². The number of hydrogen-bond donors (Lipinski definition) is 2. The van der Waals surface area contributed by atoms with Gasteiger partial charge in [-0.15, -0.1) is 0 Å². The molecule has 0 atom stereocenters. The van der Waals surface area contributed by atoms with Gasteiger partial charge in [0, 0.05) is 13.6 Å². The van der Waals surface area contributed by atoms with E-state index >= 15 is 0 Å². The van der Waals surface area contributed by atoms with Crippen LogP contribution in [-0.2, 0) is 13.0 Å². The van der Waals surface area contributed by atoms with Crippen molar-refractivity contribution in [2.45, 2.75) is 19.9 Å². The van der Waals surface area contributed by atoms with Crippen molar-refractivity contribution in [1.82, 2.24) is 15.1 Å². The molecule has 0 aliphatic rings. The van der Waals surface area contributed by atoms with E-state index < -0.39 is 0 Å². The normalized spacial score (nSPS) is 10.4. The van der Waals surface area contributed by atoms with Gasteiger partial charge in [0.15, 0.2) is 5.69 Å². The number of amides is 1. The molecular formula is C14H18N4O. The highest BCUT2D eigenvalue weighted by Crippen LogP contribution is 2.16. The van der Waals surface area contributed by atoms with Crippen LogP contribution in [0.3, 0.4) is 0 Å². The number of carbonyl (C=O) groups excluding carboxylic acids is 1. The second kappa shape index (κ2) is 5.56. The summed E-state index contributed by atoms with van der Waals surface area (Å²) in [6.07, 6.45) is 0.731. The molecule has 0 unspecified atom stereocenters. The van der Waals surface area contributed by atoms with Crippen molar-refractivity contribution in [3.63, 3.8) is 0 Å². The smallest absolute Gasteiger partial charge is 0.276 e. The Bertz CT molecular complexity index is 562. The Hall–Kier alpha value is -2.30. The summed E-state index contributed by atoms with van der Waals surface area (Å²) in [7, 11) is 1.75. The minimum atomic E-state index is -0.169. The molecule has 0 spiro atoms. The van der Waals surface area contributed by atoms with Crippen molar-refractivity contribution in [3.05, 3.63) is 47.3 Å². The molecule has 5 heteroatoms. The summed E-state index contributed by atoms with van der Waals surface area (Å²) in [5, 5.41) is 6.81. The Labute approximate surface area is 112 Å². The molecule has 0 fully saturated rings. The molecule has 2 aromatic rings. The summed E-state index contributed by atoms with van der Waals surface area (Å²) in [5.41, 5.74) is 8.53. The third-order valence-electron chi connectivity index (χ3n) is 3.05. The number of carbonyl (C=O) groups is 1. The zero-order valence-electron chi connectivity index (χ0n) is 11.2. The number of nitrogens with zero attached hydrogens (tertiary/aromatic N) is 2. The van der Waals surface area contributed by atoms with Crippen molar-refractivity contribution in [3.8, 4) is 0 Å². The second-order valence-corrected chi connectivity index (χ2v) is 4.46. The fraction of sp³-hybridized carbons (Fsp3) is 0.286. The van der Waals surface area contributed by atoms with Crippen LogP contribution >= 0.6 is 0 Å². The minimum absolute atomic E-state index is 0.169. The van der Waals surface area contributed by atoms with Crippen LogP contribution in [0.2, 0.25) is 0 Å². The van der Waals surface area contributed by atoms with Gasteiger partial charge in [0.25, 0.3) is 5.91 Å². The maximum atomic E-state index is 12.3. The topological polar surface area (TPSA) is 75.0 Å². The lowest BCUT2D eigenvalue weighted by Crippen LogP contribution is -2.27. The molecule has 2 rings (SSSR count). The lowest BCUT2D eigenvalue weighted by atomic mass is 10.2. The average Bonchev–Trinajstić information content (AvgIpc) is 2.80. The van der Waals surface area contributed by atoms with Gasteiger partial charge in [0.2, 0.25) is 0 Å². The van der Waals surface area contributed by atoms with Gasteiger partial charge in [0.1, 0.15) is 0 Å². The van der Waals surface area contributed by atoms with Crippen LogP contribution in [0.5, 0.6) is 0 Å². The monoisotopic (exact) mass is 258 g/mol. The van der Waals surface area contributed by atoms with Gasteiger partial charge < -0.3 is 10.6 Å². The predicted molar refractivity (Wildman–Crippen MR) is 74.6 cm³/mol. The highest BCUT2D eigenvalue weighted by molar-refractivity contribution is 5.97. The van der Waals surface area contributed by atoms with Crippen molar-refractivity contribution >= 4 is 11.6 Å². The molecule has 0 radical (unpaired) electrons. The van der Waals surface area contributed by atoms with Gasteiger partial charge in [-0.1, -0.05) is 37.3 Å². The summed E-state index contributed by atoms with van der Waals surface area (Å²) in [4.78, 5) is 13.9. The van der Waals surface area contributed by atoms with Crippen LogP contribution in [0.15, 0.2) is 30.3 Å². The van der Waals surface area contributed by atoms with Crippen LogP contribution in [0.4, 0.5) is 5.69 Å². The van der Waals surface area contributed by atoms with E-state index in [1.807, 2.05) is 37.3 Å². The van der Waals surface area contributed by atoms with Gasteiger partial charge >= 0.3 is 0 Å². The Morgan fingerprint density at radius 2 is 2.05 bits per heavy atom. The fourth-order valence-corrected chi connectivity index (χ4v) is 1.93. The summed E-state index contributed by atoms with van der Waals surface area (Å²) in [5.74, 6) is -0.169. The number of aryl methyl sites for hydroxylation is 1.